The number of halogens is 3. The van der Waals surface area contributed by atoms with Gasteiger partial charge in [-0.2, -0.15) is 38.4 Å². The van der Waals surface area contributed by atoms with Gasteiger partial charge in [-0.1, -0.05) is 12.1 Å². The summed E-state index contributed by atoms with van der Waals surface area (Å²) < 4.78 is 38.0. The predicted molar refractivity (Wildman–Crippen MR) is 127 cm³/mol. The van der Waals surface area contributed by atoms with Crippen LogP contribution in [0.5, 0.6) is 0 Å². The van der Waals surface area contributed by atoms with Crippen molar-refractivity contribution in [3.8, 4) is 0 Å². The van der Waals surface area contributed by atoms with Crippen LogP contribution in [0, 0.1) is 0 Å². The highest BCUT2D eigenvalue weighted by Gasteiger charge is 2.30. The van der Waals surface area contributed by atoms with Crippen molar-refractivity contribution in [2.75, 3.05) is 5.32 Å². The number of anilines is 1. The zero-order valence-corrected chi connectivity index (χ0v) is 19.4. The van der Waals surface area contributed by atoms with Gasteiger partial charge in [0.2, 0.25) is 0 Å². The van der Waals surface area contributed by atoms with Crippen LogP contribution in [0.4, 0.5) is 18.9 Å². The second-order valence-corrected chi connectivity index (χ2v) is 7.93. The van der Waals surface area contributed by atoms with Crippen LogP contribution in [0.2, 0.25) is 0 Å². The van der Waals surface area contributed by atoms with E-state index in [0.717, 1.165) is 29.8 Å². The van der Waals surface area contributed by atoms with Gasteiger partial charge < -0.3 is 10.4 Å². The van der Waals surface area contributed by atoms with Crippen LogP contribution in [-0.4, -0.2) is 27.0 Å². The summed E-state index contributed by atoms with van der Waals surface area (Å²) in [6, 6.07) is 10.8. The molecular formula is C23H20F3N3O3S2. The molecule has 0 bridgehead atoms. The molecule has 6 nitrogen and oxygen atoms in total. The van der Waals surface area contributed by atoms with Gasteiger partial charge >= 0.3 is 12.1 Å². The number of aromatic nitrogens is 2. The van der Waals surface area contributed by atoms with Crippen molar-refractivity contribution in [3.05, 3.63) is 88.0 Å². The number of nitrogens with zero attached hydrogens (tertiary/aromatic N) is 2. The average Bonchev–Trinajstić information content (AvgIpc) is 2.80. The van der Waals surface area contributed by atoms with Gasteiger partial charge in [-0.15, -0.1) is 0 Å². The standard InChI is InChI=1S/C23H20F3N3O3S2/c24-23(25,26)15-5-3-14(4-6-15)22(32)27-16-7-1-13(2-8-16)9-20-28-18(11-33)17(10-21(30)31)19(12-34)29-20/h1-8,33-34H,9-12H2,(H,27,32)(H,30,31). The molecule has 0 saturated carbocycles. The number of carbonyl (C=O) groups excluding carboxylic acids is 1. The summed E-state index contributed by atoms with van der Waals surface area (Å²) in [5.74, 6) is -0.516. The van der Waals surface area contributed by atoms with Gasteiger partial charge in [0.1, 0.15) is 5.82 Å². The first-order valence-electron chi connectivity index (χ1n) is 9.99. The first-order chi connectivity index (χ1) is 16.1. The third-order valence-electron chi connectivity index (χ3n) is 4.90. The lowest BCUT2D eigenvalue weighted by atomic mass is 10.1. The summed E-state index contributed by atoms with van der Waals surface area (Å²) >= 11 is 8.51. The molecule has 1 heterocycles. The lowest BCUT2D eigenvalue weighted by Crippen LogP contribution is -2.13. The molecule has 0 aliphatic heterocycles. The summed E-state index contributed by atoms with van der Waals surface area (Å²) in [6.07, 6.45) is -4.31. The van der Waals surface area contributed by atoms with Gasteiger partial charge in [0, 0.05) is 34.7 Å². The van der Waals surface area contributed by atoms with Crippen LogP contribution >= 0.6 is 25.3 Å². The van der Waals surface area contributed by atoms with Crippen molar-refractivity contribution in [3.63, 3.8) is 0 Å². The minimum Gasteiger partial charge on any atom is -0.481 e. The Morgan fingerprint density at radius 2 is 1.47 bits per heavy atom. The van der Waals surface area contributed by atoms with Gasteiger partial charge in [0.05, 0.1) is 23.4 Å². The van der Waals surface area contributed by atoms with Crippen molar-refractivity contribution in [1.29, 1.82) is 0 Å². The number of amides is 1. The van der Waals surface area contributed by atoms with Gasteiger partial charge in [0.25, 0.3) is 5.91 Å². The van der Waals surface area contributed by atoms with Crippen molar-refractivity contribution < 1.29 is 27.9 Å². The minimum absolute atomic E-state index is 0.102. The van der Waals surface area contributed by atoms with E-state index < -0.39 is 23.6 Å². The molecule has 0 unspecified atom stereocenters. The maximum absolute atomic E-state index is 12.7. The summed E-state index contributed by atoms with van der Waals surface area (Å²) in [6.45, 7) is 0. The van der Waals surface area contributed by atoms with Crippen LogP contribution in [0.25, 0.3) is 0 Å². The molecule has 0 fully saturated rings. The summed E-state index contributed by atoms with van der Waals surface area (Å²) in [5, 5.41) is 11.8. The van der Waals surface area contributed by atoms with E-state index in [9.17, 15) is 22.8 Å². The number of nitrogens with one attached hydrogen (secondary N) is 1. The normalized spacial score (nSPS) is 11.3. The number of carbonyl (C=O) groups is 2. The van der Waals surface area contributed by atoms with Crippen molar-refractivity contribution in [1.82, 2.24) is 9.97 Å². The monoisotopic (exact) mass is 507 g/mol. The Morgan fingerprint density at radius 3 is 1.94 bits per heavy atom. The quantitative estimate of drug-likeness (QED) is 0.328. The molecule has 0 spiro atoms. The molecule has 2 aromatic carbocycles. The number of aliphatic carboxylic acids is 1. The average molecular weight is 508 g/mol. The van der Waals surface area contributed by atoms with Crippen LogP contribution in [0.1, 0.15) is 44.3 Å². The Labute approximate surface area is 204 Å². The van der Waals surface area contributed by atoms with Crippen molar-refractivity contribution >= 4 is 42.8 Å². The lowest BCUT2D eigenvalue weighted by molar-refractivity contribution is -0.138. The molecule has 0 atom stereocenters. The van der Waals surface area contributed by atoms with Crippen LogP contribution < -0.4 is 5.32 Å². The molecule has 2 N–H and O–H groups in total. The highest BCUT2D eigenvalue weighted by Crippen LogP contribution is 2.29. The highest BCUT2D eigenvalue weighted by molar-refractivity contribution is 7.79. The number of hydrogen-bond donors (Lipinski definition) is 4. The molecule has 0 aliphatic rings. The summed E-state index contributed by atoms with van der Waals surface area (Å²) in [5.41, 5.74) is 2.19. The Balaban J connectivity index is 1.71. The molecule has 34 heavy (non-hydrogen) atoms. The van der Waals surface area contributed by atoms with Crippen LogP contribution in [-0.2, 0) is 35.3 Å². The van der Waals surface area contributed by atoms with Gasteiger partial charge in [0.15, 0.2) is 0 Å². The highest BCUT2D eigenvalue weighted by atomic mass is 32.1. The van der Waals surface area contributed by atoms with E-state index in [-0.39, 0.29) is 23.5 Å². The van der Waals surface area contributed by atoms with Crippen LogP contribution in [0.3, 0.4) is 0 Å². The first-order valence-corrected chi connectivity index (χ1v) is 11.3. The second-order valence-electron chi connectivity index (χ2n) is 7.30. The zero-order valence-electron chi connectivity index (χ0n) is 17.6. The van der Waals surface area contributed by atoms with Crippen LogP contribution in [0.15, 0.2) is 48.5 Å². The van der Waals surface area contributed by atoms with Gasteiger partial charge in [-0.05, 0) is 42.0 Å². The van der Waals surface area contributed by atoms with E-state index in [1.165, 1.54) is 0 Å². The molecule has 0 aliphatic carbocycles. The van der Waals surface area contributed by atoms with E-state index in [0.29, 0.717) is 34.9 Å². The summed E-state index contributed by atoms with van der Waals surface area (Å²) in [4.78, 5) is 32.4. The molecule has 1 amide bonds. The van der Waals surface area contributed by atoms with E-state index >= 15 is 0 Å². The number of thiol groups is 2. The summed E-state index contributed by atoms with van der Waals surface area (Å²) in [7, 11) is 0. The Hall–Kier alpha value is -3.05. The Bertz CT molecular complexity index is 1160. The SMILES string of the molecule is O=C(O)Cc1c(CS)nc(Cc2ccc(NC(=O)c3ccc(C(F)(F)F)cc3)cc2)nc1CS. The zero-order chi connectivity index (χ0) is 24.9. The molecule has 1 aromatic heterocycles. The van der Waals surface area contributed by atoms with E-state index in [1.807, 2.05) is 0 Å². The Kier molecular flexibility index (Phi) is 8.21. The van der Waals surface area contributed by atoms with Crippen molar-refractivity contribution in [2.45, 2.75) is 30.5 Å². The van der Waals surface area contributed by atoms with Gasteiger partial charge in [-0.3, -0.25) is 9.59 Å². The number of carboxylic acid groups (broad SMARTS) is 1. The number of benzene rings is 2. The fourth-order valence-corrected chi connectivity index (χ4v) is 3.76. The second kappa shape index (κ2) is 10.9. The largest absolute Gasteiger partial charge is 0.481 e. The minimum atomic E-state index is -4.47. The molecule has 0 saturated heterocycles. The van der Waals surface area contributed by atoms with E-state index in [4.69, 9.17) is 5.11 Å². The lowest BCUT2D eigenvalue weighted by Gasteiger charge is -2.12. The maximum atomic E-state index is 12.7. The topological polar surface area (TPSA) is 92.2 Å². The predicted octanol–water partition coefficient (Wildman–Crippen LogP) is 4.83. The molecule has 178 valence electrons. The van der Waals surface area contributed by atoms with Crippen molar-refractivity contribution in [2.24, 2.45) is 0 Å². The Morgan fingerprint density at radius 1 is 0.912 bits per heavy atom. The third-order valence-corrected chi connectivity index (χ3v) is 5.50. The molecule has 3 aromatic rings. The van der Waals surface area contributed by atoms with Gasteiger partial charge in [-0.25, -0.2) is 9.97 Å². The van der Waals surface area contributed by atoms with E-state index in [2.05, 4.69) is 40.5 Å². The molecule has 3 rings (SSSR count). The maximum Gasteiger partial charge on any atom is 0.416 e. The first kappa shape index (κ1) is 25.6. The molecule has 11 heteroatoms. The number of carboxylic acids is 1. The van der Waals surface area contributed by atoms with E-state index in [1.54, 1.807) is 24.3 Å². The molecule has 0 radical (unpaired) electrons. The number of alkyl halides is 3. The fourth-order valence-electron chi connectivity index (χ4n) is 3.24. The number of rotatable bonds is 8. The third kappa shape index (κ3) is 6.51. The fraction of sp³-hybridized carbons (Fsp3) is 0.217. The molecular weight excluding hydrogens is 487 g/mol. The number of hydrogen-bond acceptors (Lipinski definition) is 6. The smallest absolute Gasteiger partial charge is 0.416 e.